The summed E-state index contributed by atoms with van der Waals surface area (Å²) in [4.78, 5) is 4.17. The first-order valence-electron chi connectivity index (χ1n) is 6.77. The lowest BCUT2D eigenvalue weighted by atomic mass is 10.0. The van der Waals surface area contributed by atoms with E-state index in [-0.39, 0.29) is 0 Å². The first kappa shape index (κ1) is 16.4. The average molecular weight is 337 g/mol. The third-order valence-electron chi connectivity index (χ3n) is 2.76. The first-order valence-corrected chi connectivity index (χ1v) is 7.56. The van der Waals surface area contributed by atoms with Gasteiger partial charge in [0.2, 0.25) is 0 Å². The summed E-state index contributed by atoms with van der Waals surface area (Å²) >= 11 is 3.42. The normalized spacial score (nSPS) is 10.9. The zero-order valence-corrected chi connectivity index (χ0v) is 14.0. The molecule has 0 amide bonds. The number of anilines is 1. The number of nitrogen functional groups attached to an aromatic ring is 1. The summed E-state index contributed by atoms with van der Waals surface area (Å²) in [6.45, 7) is 8.87. The van der Waals surface area contributed by atoms with E-state index >= 15 is 0 Å². The molecular weight excluding hydrogens is 316 g/mol. The van der Waals surface area contributed by atoms with E-state index in [1.807, 2.05) is 43.7 Å². The van der Waals surface area contributed by atoms with Gasteiger partial charge in [0.15, 0.2) is 0 Å². The van der Waals surface area contributed by atoms with Crippen LogP contribution in [0.1, 0.15) is 39.0 Å². The molecule has 0 saturated carbocycles. The minimum Gasteiger partial charge on any atom is -0.383 e. The molecule has 2 aromatic rings. The van der Waals surface area contributed by atoms with E-state index in [1.165, 1.54) is 0 Å². The van der Waals surface area contributed by atoms with Gasteiger partial charge in [-0.1, -0.05) is 19.9 Å². The second-order valence-corrected chi connectivity index (χ2v) is 4.74. The number of halogens is 1. The van der Waals surface area contributed by atoms with Crippen LogP contribution in [-0.2, 0) is 6.54 Å². The van der Waals surface area contributed by atoms with Crippen LogP contribution in [0.3, 0.4) is 0 Å². The van der Waals surface area contributed by atoms with Crippen LogP contribution >= 0.6 is 15.9 Å². The largest absolute Gasteiger partial charge is 0.383 e. The van der Waals surface area contributed by atoms with Crippen LogP contribution in [0.15, 0.2) is 35.1 Å². The lowest BCUT2D eigenvalue weighted by Gasteiger charge is -2.11. The van der Waals surface area contributed by atoms with Crippen LogP contribution in [0.2, 0.25) is 0 Å². The molecule has 0 radical (unpaired) electrons. The minimum absolute atomic E-state index is 0.523. The Bertz CT molecular complexity index is 587. The van der Waals surface area contributed by atoms with Crippen LogP contribution in [0, 0.1) is 0 Å². The monoisotopic (exact) mass is 336 g/mol. The number of aromatic nitrogens is 3. The lowest BCUT2D eigenvalue weighted by Crippen LogP contribution is -2.05. The number of nitrogens with zero attached hydrogens (tertiary/aromatic N) is 3. The predicted molar refractivity (Wildman–Crippen MR) is 88.4 cm³/mol. The fourth-order valence-electron chi connectivity index (χ4n) is 1.92. The van der Waals surface area contributed by atoms with Crippen molar-refractivity contribution in [2.45, 2.75) is 34.2 Å². The van der Waals surface area contributed by atoms with Gasteiger partial charge in [-0.05, 0) is 41.9 Å². The van der Waals surface area contributed by atoms with Gasteiger partial charge in [0.05, 0.1) is 5.69 Å². The van der Waals surface area contributed by atoms with Gasteiger partial charge < -0.3 is 5.73 Å². The fraction of sp³-hybridized carbons (Fsp3) is 0.333. The molecule has 0 spiro atoms. The number of hydrogen-bond donors (Lipinski definition) is 1. The third kappa shape index (κ3) is 3.48. The van der Waals surface area contributed by atoms with Gasteiger partial charge in [-0.15, -0.1) is 0 Å². The quantitative estimate of drug-likeness (QED) is 0.916. The average Bonchev–Trinajstić information content (AvgIpc) is 2.94. The topological polar surface area (TPSA) is 56.7 Å². The van der Waals surface area contributed by atoms with Crippen molar-refractivity contribution in [3.8, 4) is 0 Å². The Hall–Kier alpha value is -1.62. The Morgan fingerprint density at radius 3 is 2.75 bits per heavy atom. The molecule has 5 heteroatoms. The Kier molecular flexibility index (Phi) is 6.45. The molecule has 20 heavy (non-hydrogen) atoms. The maximum Gasteiger partial charge on any atom is 0.131 e. The Balaban J connectivity index is 0.000000956. The van der Waals surface area contributed by atoms with E-state index in [2.05, 4.69) is 32.9 Å². The van der Waals surface area contributed by atoms with Gasteiger partial charge in [-0.3, -0.25) is 4.68 Å². The minimum atomic E-state index is 0.523. The molecule has 0 aromatic carbocycles. The number of hydrogen-bond acceptors (Lipinski definition) is 3. The summed E-state index contributed by atoms with van der Waals surface area (Å²) < 4.78 is 2.85. The Morgan fingerprint density at radius 1 is 1.45 bits per heavy atom. The second-order valence-electron chi connectivity index (χ2n) is 3.82. The third-order valence-corrected chi connectivity index (χ3v) is 3.19. The molecule has 0 fully saturated rings. The molecule has 2 rings (SSSR count). The van der Waals surface area contributed by atoms with Crippen LogP contribution < -0.4 is 5.73 Å². The molecule has 2 heterocycles. The molecule has 0 atom stereocenters. The van der Waals surface area contributed by atoms with Gasteiger partial charge in [-0.2, -0.15) is 5.10 Å². The summed E-state index contributed by atoms with van der Waals surface area (Å²) in [6, 6.07) is 3.96. The van der Waals surface area contributed by atoms with Gasteiger partial charge in [0, 0.05) is 34.5 Å². The van der Waals surface area contributed by atoms with E-state index in [1.54, 1.807) is 12.4 Å². The Morgan fingerprint density at radius 2 is 2.15 bits per heavy atom. The molecule has 2 aromatic heterocycles. The van der Waals surface area contributed by atoms with Gasteiger partial charge in [0.25, 0.3) is 0 Å². The summed E-state index contributed by atoms with van der Waals surface area (Å²) in [6.07, 6.45) is 5.52. The highest BCUT2D eigenvalue weighted by molar-refractivity contribution is 9.10. The standard InChI is InChI=1S/C13H15BrN4.C2H6/c1-3-10(12-5-6-17-18(12)4-2)11-7-9(14)8-16-13(11)15;1-2/h3,5-8H,4H2,1-2H3,(H2,15,16);1-2H3/b10-3+;. The SMILES string of the molecule is C/C=C(\c1cc(Br)cnc1N)c1ccnn1CC.CC. The molecule has 0 saturated heterocycles. The number of rotatable bonds is 3. The zero-order chi connectivity index (χ0) is 15.1. The van der Waals surface area contributed by atoms with Crippen molar-refractivity contribution >= 4 is 27.3 Å². The molecule has 108 valence electrons. The molecule has 0 unspecified atom stereocenters. The van der Waals surface area contributed by atoms with Gasteiger partial charge in [-0.25, -0.2) is 4.98 Å². The van der Waals surface area contributed by atoms with Crippen molar-refractivity contribution in [3.05, 3.63) is 46.3 Å². The number of pyridine rings is 1. The molecule has 4 nitrogen and oxygen atoms in total. The molecule has 0 aliphatic carbocycles. The van der Waals surface area contributed by atoms with Crippen LogP contribution in [0.5, 0.6) is 0 Å². The second kappa shape index (κ2) is 7.85. The summed E-state index contributed by atoms with van der Waals surface area (Å²) in [5.41, 5.74) is 8.97. The van der Waals surface area contributed by atoms with Crippen molar-refractivity contribution in [1.82, 2.24) is 14.8 Å². The highest BCUT2D eigenvalue weighted by Gasteiger charge is 2.13. The van der Waals surface area contributed by atoms with Crippen molar-refractivity contribution in [3.63, 3.8) is 0 Å². The number of aryl methyl sites for hydroxylation is 1. The number of allylic oxidation sites excluding steroid dienone is 1. The van der Waals surface area contributed by atoms with Gasteiger partial charge >= 0.3 is 0 Å². The molecule has 0 aliphatic rings. The van der Waals surface area contributed by atoms with Crippen LogP contribution in [-0.4, -0.2) is 14.8 Å². The smallest absolute Gasteiger partial charge is 0.131 e. The molecule has 2 N–H and O–H groups in total. The van der Waals surface area contributed by atoms with E-state index in [0.29, 0.717) is 5.82 Å². The maximum absolute atomic E-state index is 5.96. The van der Waals surface area contributed by atoms with Crippen molar-refractivity contribution in [2.75, 3.05) is 5.73 Å². The molecule has 0 aliphatic heterocycles. The highest BCUT2D eigenvalue weighted by atomic mass is 79.9. The van der Waals surface area contributed by atoms with Gasteiger partial charge in [0.1, 0.15) is 5.82 Å². The molecular formula is C15H21BrN4. The van der Waals surface area contributed by atoms with E-state index in [4.69, 9.17) is 5.73 Å². The fourth-order valence-corrected chi connectivity index (χ4v) is 2.25. The number of nitrogens with two attached hydrogens (primary N) is 1. The van der Waals surface area contributed by atoms with Crippen LogP contribution in [0.4, 0.5) is 5.82 Å². The zero-order valence-electron chi connectivity index (χ0n) is 12.4. The summed E-state index contributed by atoms with van der Waals surface area (Å²) in [5, 5.41) is 4.28. The van der Waals surface area contributed by atoms with Crippen molar-refractivity contribution < 1.29 is 0 Å². The maximum atomic E-state index is 5.96. The van der Waals surface area contributed by atoms with E-state index in [0.717, 1.165) is 27.8 Å². The van der Waals surface area contributed by atoms with Crippen molar-refractivity contribution in [2.24, 2.45) is 0 Å². The summed E-state index contributed by atoms with van der Waals surface area (Å²) in [5.74, 6) is 0.523. The van der Waals surface area contributed by atoms with E-state index in [9.17, 15) is 0 Å². The predicted octanol–water partition coefficient (Wildman–Crippen LogP) is 4.12. The lowest BCUT2D eigenvalue weighted by molar-refractivity contribution is 0.652. The first-order chi connectivity index (χ1) is 9.67. The Labute approximate surface area is 128 Å². The molecule has 0 bridgehead atoms. The highest BCUT2D eigenvalue weighted by Crippen LogP contribution is 2.28. The van der Waals surface area contributed by atoms with Crippen LogP contribution in [0.25, 0.3) is 5.57 Å². The van der Waals surface area contributed by atoms with Crippen molar-refractivity contribution in [1.29, 1.82) is 0 Å². The summed E-state index contributed by atoms with van der Waals surface area (Å²) in [7, 11) is 0. The van der Waals surface area contributed by atoms with E-state index < -0.39 is 0 Å².